The SMILES string of the molecule is Cc1csc(CNS(=O)(=O)N2CCCCC2CO)n1. The number of hydrogen-bond acceptors (Lipinski definition) is 5. The summed E-state index contributed by atoms with van der Waals surface area (Å²) in [7, 11) is -3.54. The molecule has 0 amide bonds. The van der Waals surface area contributed by atoms with Gasteiger partial charge in [-0.25, -0.2) is 4.98 Å². The van der Waals surface area contributed by atoms with Gasteiger partial charge in [-0.3, -0.25) is 0 Å². The molecule has 0 radical (unpaired) electrons. The average Bonchev–Trinajstić information content (AvgIpc) is 2.82. The first-order valence-electron chi connectivity index (χ1n) is 6.31. The Balaban J connectivity index is 2.00. The van der Waals surface area contributed by atoms with Crippen LogP contribution in [0.2, 0.25) is 0 Å². The molecule has 1 atom stereocenters. The van der Waals surface area contributed by atoms with Crippen molar-refractivity contribution in [2.75, 3.05) is 13.2 Å². The predicted molar refractivity (Wildman–Crippen MR) is 74.0 cm³/mol. The van der Waals surface area contributed by atoms with Gasteiger partial charge in [-0.15, -0.1) is 11.3 Å². The summed E-state index contributed by atoms with van der Waals surface area (Å²) in [5.41, 5.74) is 0.894. The highest BCUT2D eigenvalue weighted by Gasteiger charge is 2.31. The third-order valence-electron chi connectivity index (χ3n) is 3.16. The summed E-state index contributed by atoms with van der Waals surface area (Å²) < 4.78 is 28.4. The van der Waals surface area contributed by atoms with E-state index in [0.29, 0.717) is 13.0 Å². The second-order valence-corrected chi connectivity index (χ2v) is 7.30. The van der Waals surface area contributed by atoms with Crippen molar-refractivity contribution < 1.29 is 13.5 Å². The molecule has 2 heterocycles. The van der Waals surface area contributed by atoms with Gasteiger partial charge >= 0.3 is 0 Å². The van der Waals surface area contributed by atoms with Crippen LogP contribution < -0.4 is 4.72 Å². The number of nitrogens with zero attached hydrogens (tertiary/aromatic N) is 2. The number of aromatic nitrogens is 1. The van der Waals surface area contributed by atoms with Crippen LogP contribution >= 0.6 is 11.3 Å². The van der Waals surface area contributed by atoms with E-state index in [9.17, 15) is 13.5 Å². The van der Waals surface area contributed by atoms with E-state index in [0.717, 1.165) is 23.5 Å². The number of nitrogens with one attached hydrogen (secondary N) is 1. The molecule has 2 N–H and O–H groups in total. The Morgan fingerprint density at radius 2 is 2.37 bits per heavy atom. The molecular weight excluding hydrogens is 286 g/mol. The zero-order valence-electron chi connectivity index (χ0n) is 10.9. The van der Waals surface area contributed by atoms with Crippen molar-refractivity contribution in [3.8, 4) is 0 Å². The van der Waals surface area contributed by atoms with E-state index in [1.54, 1.807) is 0 Å². The van der Waals surface area contributed by atoms with Crippen molar-refractivity contribution in [2.45, 2.75) is 38.8 Å². The summed E-state index contributed by atoms with van der Waals surface area (Å²) in [6.45, 7) is 2.42. The van der Waals surface area contributed by atoms with Crippen LogP contribution in [0.15, 0.2) is 5.38 Å². The van der Waals surface area contributed by atoms with Crippen molar-refractivity contribution in [1.29, 1.82) is 0 Å². The lowest BCUT2D eigenvalue weighted by atomic mass is 10.1. The second kappa shape index (κ2) is 6.27. The molecule has 1 unspecified atom stereocenters. The molecule has 0 aliphatic carbocycles. The molecule has 1 fully saturated rings. The summed E-state index contributed by atoms with van der Waals surface area (Å²) in [4.78, 5) is 4.22. The molecule has 2 rings (SSSR count). The first-order valence-corrected chi connectivity index (χ1v) is 8.63. The Morgan fingerprint density at radius 3 is 3.00 bits per heavy atom. The number of aryl methyl sites for hydroxylation is 1. The minimum absolute atomic E-state index is 0.128. The number of rotatable bonds is 5. The van der Waals surface area contributed by atoms with Crippen LogP contribution in [0.1, 0.15) is 30.0 Å². The quantitative estimate of drug-likeness (QED) is 0.836. The smallest absolute Gasteiger partial charge is 0.280 e. The fourth-order valence-corrected chi connectivity index (χ4v) is 4.41. The number of aliphatic hydroxyl groups is 1. The molecule has 1 saturated heterocycles. The lowest BCUT2D eigenvalue weighted by Gasteiger charge is -2.33. The van der Waals surface area contributed by atoms with Gasteiger partial charge < -0.3 is 5.11 Å². The van der Waals surface area contributed by atoms with E-state index in [4.69, 9.17) is 0 Å². The van der Waals surface area contributed by atoms with Crippen LogP contribution in [-0.4, -0.2) is 42.0 Å². The summed E-state index contributed by atoms with van der Waals surface area (Å²) in [6.07, 6.45) is 2.52. The van der Waals surface area contributed by atoms with Crippen molar-refractivity contribution in [1.82, 2.24) is 14.0 Å². The Kier molecular flexibility index (Phi) is 4.91. The Bertz CT molecular complexity index is 515. The second-order valence-electron chi connectivity index (χ2n) is 4.65. The van der Waals surface area contributed by atoms with Gasteiger partial charge in [-0.2, -0.15) is 17.4 Å². The average molecular weight is 305 g/mol. The van der Waals surface area contributed by atoms with Crippen LogP contribution in [0.5, 0.6) is 0 Å². The summed E-state index contributed by atoms with van der Waals surface area (Å²) in [5.74, 6) is 0. The van der Waals surface area contributed by atoms with E-state index in [-0.39, 0.29) is 19.2 Å². The molecule has 8 heteroatoms. The van der Waals surface area contributed by atoms with Crippen LogP contribution in [0.4, 0.5) is 0 Å². The molecule has 0 aromatic carbocycles. The van der Waals surface area contributed by atoms with E-state index in [2.05, 4.69) is 9.71 Å². The molecule has 19 heavy (non-hydrogen) atoms. The largest absolute Gasteiger partial charge is 0.395 e. The van der Waals surface area contributed by atoms with Gasteiger partial charge in [0.15, 0.2) is 0 Å². The van der Waals surface area contributed by atoms with Gasteiger partial charge in [0.05, 0.1) is 13.2 Å². The predicted octanol–water partition coefficient (Wildman–Crippen LogP) is 0.633. The molecule has 6 nitrogen and oxygen atoms in total. The zero-order chi connectivity index (χ0) is 13.9. The van der Waals surface area contributed by atoms with E-state index in [1.807, 2.05) is 12.3 Å². The minimum atomic E-state index is -3.54. The minimum Gasteiger partial charge on any atom is -0.395 e. The standard InChI is InChI=1S/C11H19N3O3S2/c1-9-8-18-11(13-9)6-12-19(16,17)14-5-3-2-4-10(14)7-15/h8,10,12,15H,2-7H2,1H3. The van der Waals surface area contributed by atoms with Crippen molar-refractivity contribution in [3.63, 3.8) is 0 Å². The lowest BCUT2D eigenvalue weighted by Crippen LogP contribution is -2.50. The maximum Gasteiger partial charge on any atom is 0.280 e. The zero-order valence-corrected chi connectivity index (χ0v) is 12.5. The van der Waals surface area contributed by atoms with Crippen LogP contribution in [-0.2, 0) is 16.8 Å². The maximum absolute atomic E-state index is 12.2. The van der Waals surface area contributed by atoms with E-state index < -0.39 is 10.2 Å². The topological polar surface area (TPSA) is 82.5 Å². The van der Waals surface area contributed by atoms with Crippen molar-refractivity contribution >= 4 is 21.5 Å². The molecular formula is C11H19N3O3S2. The Labute approximate surface area is 117 Å². The molecule has 0 bridgehead atoms. The number of hydrogen-bond donors (Lipinski definition) is 2. The van der Waals surface area contributed by atoms with Gasteiger partial charge in [-0.1, -0.05) is 6.42 Å². The molecule has 108 valence electrons. The molecule has 1 aliphatic heterocycles. The Morgan fingerprint density at radius 1 is 1.58 bits per heavy atom. The first kappa shape index (κ1) is 14.9. The molecule has 1 aromatic heterocycles. The normalized spacial score (nSPS) is 21.7. The van der Waals surface area contributed by atoms with E-state index in [1.165, 1.54) is 15.6 Å². The van der Waals surface area contributed by atoms with Crippen LogP contribution in [0.3, 0.4) is 0 Å². The highest BCUT2D eigenvalue weighted by atomic mass is 32.2. The molecule has 1 aliphatic rings. The summed E-state index contributed by atoms with van der Waals surface area (Å²) in [6, 6.07) is -0.302. The van der Waals surface area contributed by atoms with Gasteiger partial charge in [0.25, 0.3) is 10.2 Å². The van der Waals surface area contributed by atoms with Gasteiger partial charge in [-0.05, 0) is 19.8 Å². The number of aliphatic hydroxyl groups excluding tert-OH is 1. The van der Waals surface area contributed by atoms with Crippen LogP contribution in [0.25, 0.3) is 0 Å². The van der Waals surface area contributed by atoms with Crippen LogP contribution in [0, 0.1) is 6.92 Å². The highest BCUT2D eigenvalue weighted by Crippen LogP contribution is 2.19. The molecule has 1 aromatic rings. The highest BCUT2D eigenvalue weighted by molar-refractivity contribution is 7.87. The molecule has 0 spiro atoms. The monoisotopic (exact) mass is 305 g/mol. The third kappa shape index (κ3) is 3.73. The number of piperidine rings is 1. The number of thiazole rings is 1. The molecule has 0 saturated carbocycles. The van der Waals surface area contributed by atoms with Gasteiger partial charge in [0, 0.05) is 23.7 Å². The van der Waals surface area contributed by atoms with Gasteiger partial charge in [0.1, 0.15) is 5.01 Å². The van der Waals surface area contributed by atoms with E-state index >= 15 is 0 Å². The fraction of sp³-hybridized carbons (Fsp3) is 0.727. The lowest BCUT2D eigenvalue weighted by molar-refractivity contribution is 0.154. The fourth-order valence-electron chi connectivity index (χ4n) is 2.19. The Hall–Kier alpha value is -0.540. The maximum atomic E-state index is 12.2. The summed E-state index contributed by atoms with van der Waals surface area (Å²) in [5, 5.41) is 11.9. The van der Waals surface area contributed by atoms with Crippen molar-refractivity contribution in [3.05, 3.63) is 16.1 Å². The van der Waals surface area contributed by atoms with Crippen molar-refractivity contribution in [2.24, 2.45) is 0 Å². The first-order chi connectivity index (χ1) is 9.03. The summed E-state index contributed by atoms with van der Waals surface area (Å²) >= 11 is 1.44. The van der Waals surface area contributed by atoms with Gasteiger partial charge in [0.2, 0.25) is 0 Å². The third-order valence-corrected chi connectivity index (χ3v) is 5.74.